The van der Waals surface area contributed by atoms with Crippen LogP contribution in [-0.4, -0.2) is 26.9 Å². The second-order valence-electron chi connectivity index (χ2n) is 5.90. The molecule has 1 heterocycles. The molecule has 20 heavy (non-hydrogen) atoms. The Hall–Kier alpha value is -0.940. The molecule has 0 aromatic carbocycles. The van der Waals surface area contributed by atoms with Crippen LogP contribution >= 0.6 is 0 Å². The van der Waals surface area contributed by atoms with Crippen LogP contribution in [0.15, 0.2) is 6.33 Å². The molecule has 1 aliphatic carbocycles. The van der Waals surface area contributed by atoms with Crippen LogP contribution in [0, 0.1) is 5.92 Å². The van der Waals surface area contributed by atoms with E-state index in [2.05, 4.69) is 23.9 Å². The minimum atomic E-state index is -0.144. The quantitative estimate of drug-likeness (QED) is 0.833. The van der Waals surface area contributed by atoms with Gasteiger partial charge in [-0.05, 0) is 38.5 Å². The maximum Gasteiger partial charge on any atom is 0.152 e. The smallest absolute Gasteiger partial charge is 0.152 e. The van der Waals surface area contributed by atoms with Gasteiger partial charge in [0.15, 0.2) is 5.82 Å². The van der Waals surface area contributed by atoms with Crippen molar-refractivity contribution in [3.8, 4) is 0 Å². The van der Waals surface area contributed by atoms with E-state index in [1.165, 1.54) is 25.7 Å². The Morgan fingerprint density at radius 3 is 2.75 bits per heavy atom. The Morgan fingerprint density at radius 1 is 1.40 bits per heavy atom. The van der Waals surface area contributed by atoms with Crippen molar-refractivity contribution in [1.29, 1.82) is 0 Å². The van der Waals surface area contributed by atoms with E-state index in [0.29, 0.717) is 13.2 Å². The van der Waals surface area contributed by atoms with E-state index in [9.17, 15) is 0 Å². The molecule has 0 aliphatic heterocycles. The molecule has 114 valence electrons. The number of aromatic nitrogens is 3. The summed E-state index contributed by atoms with van der Waals surface area (Å²) in [5.74, 6) is 1.76. The molecule has 0 amide bonds. The third-order valence-electron chi connectivity index (χ3n) is 4.59. The molecule has 0 radical (unpaired) electrons. The summed E-state index contributed by atoms with van der Waals surface area (Å²) in [6.07, 6.45) is 8.85. The van der Waals surface area contributed by atoms with Crippen LogP contribution in [0.2, 0.25) is 0 Å². The number of hydrogen-bond acceptors (Lipinski definition) is 4. The standard InChI is InChI=1S/C15H28N4O/c1-3-5-13-6-8-15(11-16,9-7-13)20-10-14-17-12-18-19(14)4-2/h12-13H,3-11,16H2,1-2H3. The maximum atomic E-state index is 6.18. The fourth-order valence-electron chi connectivity index (χ4n) is 3.19. The van der Waals surface area contributed by atoms with Crippen LogP contribution < -0.4 is 5.73 Å². The van der Waals surface area contributed by atoms with Crippen molar-refractivity contribution in [2.75, 3.05) is 6.54 Å². The molecule has 1 aromatic heterocycles. The zero-order chi connectivity index (χ0) is 14.4. The van der Waals surface area contributed by atoms with Crippen LogP contribution in [0.5, 0.6) is 0 Å². The molecular weight excluding hydrogens is 252 g/mol. The van der Waals surface area contributed by atoms with Gasteiger partial charge in [-0.3, -0.25) is 0 Å². The molecular formula is C15H28N4O. The fourth-order valence-corrected chi connectivity index (χ4v) is 3.19. The predicted molar refractivity (Wildman–Crippen MR) is 79.1 cm³/mol. The van der Waals surface area contributed by atoms with Gasteiger partial charge in [-0.25, -0.2) is 9.67 Å². The van der Waals surface area contributed by atoms with Crippen molar-refractivity contribution < 1.29 is 4.74 Å². The number of aryl methyl sites for hydroxylation is 1. The minimum Gasteiger partial charge on any atom is -0.366 e. The number of ether oxygens (including phenoxy) is 1. The first kappa shape index (κ1) is 15.4. The summed E-state index contributed by atoms with van der Waals surface area (Å²) in [6.45, 7) is 6.27. The van der Waals surface area contributed by atoms with Gasteiger partial charge >= 0.3 is 0 Å². The first-order chi connectivity index (χ1) is 9.73. The molecule has 5 heteroatoms. The third-order valence-corrected chi connectivity index (χ3v) is 4.59. The predicted octanol–water partition coefficient (Wildman–Crippen LogP) is 2.50. The molecule has 2 N–H and O–H groups in total. The van der Waals surface area contributed by atoms with Crippen molar-refractivity contribution in [1.82, 2.24) is 14.8 Å². The first-order valence-electron chi connectivity index (χ1n) is 7.93. The number of rotatable bonds is 7. The number of hydrogen-bond donors (Lipinski definition) is 1. The van der Waals surface area contributed by atoms with Gasteiger partial charge in [0.1, 0.15) is 12.9 Å². The third kappa shape index (κ3) is 3.58. The fraction of sp³-hybridized carbons (Fsp3) is 0.867. The van der Waals surface area contributed by atoms with Gasteiger partial charge in [0.2, 0.25) is 0 Å². The monoisotopic (exact) mass is 280 g/mol. The van der Waals surface area contributed by atoms with Gasteiger partial charge < -0.3 is 10.5 Å². The summed E-state index contributed by atoms with van der Waals surface area (Å²) in [5, 5.41) is 4.18. The van der Waals surface area contributed by atoms with Crippen LogP contribution in [0.25, 0.3) is 0 Å². The Kier molecular flexibility index (Phi) is 5.54. The maximum absolute atomic E-state index is 6.18. The SMILES string of the molecule is CCCC1CCC(CN)(OCc2ncnn2CC)CC1. The lowest BCUT2D eigenvalue weighted by Crippen LogP contribution is -2.44. The molecule has 0 bridgehead atoms. The molecule has 1 aromatic rings. The summed E-state index contributed by atoms with van der Waals surface area (Å²) in [4.78, 5) is 4.27. The zero-order valence-electron chi connectivity index (χ0n) is 12.8. The van der Waals surface area contributed by atoms with Crippen molar-refractivity contribution in [3.63, 3.8) is 0 Å². The lowest BCUT2D eigenvalue weighted by atomic mass is 9.77. The van der Waals surface area contributed by atoms with E-state index in [1.54, 1.807) is 6.33 Å². The summed E-state index contributed by atoms with van der Waals surface area (Å²) in [7, 11) is 0. The summed E-state index contributed by atoms with van der Waals surface area (Å²) in [6, 6.07) is 0. The normalized spacial score (nSPS) is 26.9. The Balaban J connectivity index is 1.89. The largest absolute Gasteiger partial charge is 0.366 e. The van der Waals surface area contributed by atoms with Crippen molar-refractivity contribution in [2.24, 2.45) is 11.7 Å². The van der Waals surface area contributed by atoms with Gasteiger partial charge in [0.25, 0.3) is 0 Å². The first-order valence-corrected chi connectivity index (χ1v) is 7.93. The molecule has 1 saturated carbocycles. The lowest BCUT2D eigenvalue weighted by molar-refractivity contribution is -0.0846. The highest BCUT2D eigenvalue weighted by Gasteiger charge is 2.35. The Morgan fingerprint density at radius 2 is 2.15 bits per heavy atom. The molecule has 0 atom stereocenters. The van der Waals surface area contributed by atoms with E-state index in [0.717, 1.165) is 31.1 Å². The van der Waals surface area contributed by atoms with E-state index >= 15 is 0 Å². The molecule has 5 nitrogen and oxygen atoms in total. The zero-order valence-corrected chi connectivity index (χ0v) is 12.8. The summed E-state index contributed by atoms with van der Waals surface area (Å²) in [5.41, 5.74) is 5.86. The second-order valence-corrected chi connectivity index (χ2v) is 5.90. The van der Waals surface area contributed by atoms with E-state index in [1.807, 2.05) is 4.68 Å². The Labute approximate surface area is 121 Å². The van der Waals surface area contributed by atoms with Crippen LogP contribution in [0.1, 0.15) is 58.2 Å². The van der Waals surface area contributed by atoms with Crippen molar-refractivity contribution >= 4 is 0 Å². The average molecular weight is 280 g/mol. The minimum absolute atomic E-state index is 0.144. The molecule has 0 saturated heterocycles. The molecule has 1 fully saturated rings. The summed E-state index contributed by atoms with van der Waals surface area (Å²) < 4.78 is 8.07. The topological polar surface area (TPSA) is 66.0 Å². The van der Waals surface area contributed by atoms with Crippen LogP contribution in [-0.2, 0) is 17.9 Å². The molecule has 0 unspecified atom stereocenters. The van der Waals surface area contributed by atoms with Gasteiger partial charge in [0.05, 0.1) is 5.60 Å². The van der Waals surface area contributed by atoms with Crippen molar-refractivity contribution in [3.05, 3.63) is 12.2 Å². The van der Waals surface area contributed by atoms with Gasteiger partial charge in [0, 0.05) is 13.1 Å². The second kappa shape index (κ2) is 7.18. The highest BCUT2D eigenvalue weighted by atomic mass is 16.5. The average Bonchev–Trinajstić information content (AvgIpc) is 2.95. The van der Waals surface area contributed by atoms with E-state index in [-0.39, 0.29) is 5.60 Å². The number of nitrogens with zero attached hydrogens (tertiary/aromatic N) is 3. The van der Waals surface area contributed by atoms with Crippen LogP contribution in [0.3, 0.4) is 0 Å². The highest BCUT2D eigenvalue weighted by molar-refractivity contribution is 4.90. The molecule has 1 aliphatic rings. The van der Waals surface area contributed by atoms with E-state index in [4.69, 9.17) is 10.5 Å². The molecule has 0 spiro atoms. The lowest BCUT2D eigenvalue weighted by Gasteiger charge is -2.39. The van der Waals surface area contributed by atoms with Crippen LogP contribution in [0.4, 0.5) is 0 Å². The molecule has 2 rings (SSSR count). The number of nitrogens with two attached hydrogens (primary N) is 1. The van der Waals surface area contributed by atoms with Gasteiger partial charge in [-0.1, -0.05) is 19.8 Å². The highest BCUT2D eigenvalue weighted by Crippen LogP contribution is 2.36. The van der Waals surface area contributed by atoms with Gasteiger partial charge in [-0.15, -0.1) is 0 Å². The van der Waals surface area contributed by atoms with Gasteiger partial charge in [-0.2, -0.15) is 5.10 Å². The van der Waals surface area contributed by atoms with Crippen molar-refractivity contribution in [2.45, 2.75) is 71.1 Å². The summed E-state index contributed by atoms with van der Waals surface area (Å²) >= 11 is 0. The van der Waals surface area contributed by atoms with E-state index < -0.39 is 0 Å². The Bertz CT molecular complexity index is 396.